The second-order valence-electron chi connectivity index (χ2n) is 5.75. The second-order valence-corrected chi connectivity index (χ2v) is 6.19. The van der Waals surface area contributed by atoms with Gasteiger partial charge in [-0.3, -0.25) is 25.2 Å². The predicted octanol–water partition coefficient (Wildman–Crippen LogP) is 2.81. The van der Waals surface area contributed by atoms with Crippen LogP contribution in [0.5, 0.6) is 5.75 Å². The van der Waals surface area contributed by atoms with Crippen LogP contribution in [0.3, 0.4) is 0 Å². The third-order valence-corrected chi connectivity index (χ3v) is 3.96. The quantitative estimate of drug-likeness (QED) is 0.652. The predicted molar refractivity (Wildman–Crippen MR) is 99.6 cm³/mol. The molecular formula is C19H14ClFN2O5. The number of nitrogens with one attached hydrogen (secondary N) is 2. The SMILES string of the molecule is C[C@@H](Oc1ccccc1F)C(=O)NNC(=O)c1cc(=O)c2cc(Cl)ccc2o1. The van der Waals surface area contributed by atoms with Gasteiger partial charge in [-0.25, -0.2) is 4.39 Å². The highest BCUT2D eigenvalue weighted by molar-refractivity contribution is 6.31. The lowest BCUT2D eigenvalue weighted by Gasteiger charge is -2.15. The first kappa shape index (κ1) is 19.4. The summed E-state index contributed by atoms with van der Waals surface area (Å²) in [6, 6.07) is 11.0. The Morgan fingerprint density at radius 1 is 1.14 bits per heavy atom. The number of benzene rings is 2. The van der Waals surface area contributed by atoms with Crippen molar-refractivity contribution >= 4 is 34.4 Å². The number of amides is 2. The van der Waals surface area contributed by atoms with Crippen molar-refractivity contribution in [2.75, 3.05) is 0 Å². The summed E-state index contributed by atoms with van der Waals surface area (Å²) in [6.07, 6.45) is -1.09. The standard InChI is InChI=1S/C19H14ClFN2O5/c1-10(27-16-5-3-2-4-13(16)21)18(25)22-23-19(26)17-9-14(24)12-8-11(20)6-7-15(12)28-17/h2-10H,1H3,(H,22,25)(H,23,26)/t10-/m1/s1. The molecule has 7 nitrogen and oxygen atoms in total. The highest BCUT2D eigenvalue weighted by Gasteiger charge is 2.19. The minimum atomic E-state index is -1.09. The van der Waals surface area contributed by atoms with E-state index in [1.54, 1.807) is 6.07 Å². The number of carbonyl (C=O) groups excluding carboxylic acids is 2. The molecule has 0 unspecified atom stereocenters. The first-order valence-electron chi connectivity index (χ1n) is 8.10. The zero-order valence-corrected chi connectivity index (χ0v) is 15.2. The summed E-state index contributed by atoms with van der Waals surface area (Å²) >= 11 is 5.83. The van der Waals surface area contributed by atoms with Gasteiger partial charge in [-0.05, 0) is 37.3 Å². The van der Waals surface area contributed by atoms with E-state index in [1.165, 1.54) is 43.3 Å². The smallest absolute Gasteiger partial charge is 0.305 e. The van der Waals surface area contributed by atoms with Crippen molar-refractivity contribution in [2.45, 2.75) is 13.0 Å². The number of ether oxygens (including phenoxy) is 1. The lowest BCUT2D eigenvalue weighted by Crippen LogP contribution is -2.47. The summed E-state index contributed by atoms with van der Waals surface area (Å²) < 4.78 is 24.1. The lowest BCUT2D eigenvalue weighted by molar-refractivity contribution is -0.128. The number of rotatable bonds is 4. The van der Waals surface area contributed by atoms with Crippen LogP contribution in [0.1, 0.15) is 17.5 Å². The molecule has 9 heteroatoms. The van der Waals surface area contributed by atoms with Crippen molar-refractivity contribution in [3.05, 3.63) is 75.4 Å². The summed E-state index contributed by atoms with van der Waals surface area (Å²) in [7, 11) is 0. The van der Waals surface area contributed by atoms with Gasteiger partial charge in [-0.1, -0.05) is 23.7 Å². The lowest BCUT2D eigenvalue weighted by atomic mass is 10.2. The Kier molecular flexibility index (Phi) is 5.60. The van der Waals surface area contributed by atoms with Gasteiger partial charge in [0.05, 0.1) is 5.39 Å². The molecule has 0 saturated heterocycles. The second kappa shape index (κ2) is 8.10. The molecule has 28 heavy (non-hydrogen) atoms. The molecule has 0 bridgehead atoms. The fourth-order valence-corrected chi connectivity index (χ4v) is 2.48. The van der Waals surface area contributed by atoms with Gasteiger partial charge in [-0.2, -0.15) is 0 Å². The highest BCUT2D eigenvalue weighted by atomic mass is 35.5. The molecule has 2 aromatic carbocycles. The summed E-state index contributed by atoms with van der Waals surface area (Å²) in [5, 5.41) is 0.577. The Balaban J connectivity index is 1.66. The Bertz CT molecular complexity index is 1110. The highest BCUT2D eigenvalue weighted by Crippen LogP contribution is 2.18. The van der Waals surface area contributed by atoms with Crippen molar-refractivity contribution in [1.29, 1.82) is 0 Å². The summed E-state index contributed by atoms with van der Waals surface area (Å²) in [5.74, 6) is -2.60. The van der Waals surface area contributed by atoms with Gasteiger partial charge in [0, 0.05) is 11.1 Å². The third kappa shape index (κ3) is 4.29. The van der Waals surface area contributed by atoms with E-state index in [1.807, 2.05) is 0 Å². The Morgan fingerprint density at radius 3 is 2.64 bits per heavy atom. The Labute approximate surface area is 163 Å². The Hall–Kier alpha value is -3.39. The van der Waals surface area contributed by atoms with Crippen LogP contribution in [0.15, 0.2) is 57.7 Å². The van der Waals surface area contributed by atoms with Gasteiger partial charge in [-0.15, -0.1) is 0 Å². The van der Waals surface area contributed by atoms with E-state index in [9.17, 15) is 18.8 Å². The zero-order chi connectivity index (χ0) is 20.3. The molecule has 1 aromatic heterocycles. The van der Waals surface area contributed by atoms with Gasteiger partial charge in [0.2, 0.25) is 0 Å². The number of halogens is 2. The van der Waals surface area contributed by atoms with Crippen LogP contribution in [0.4, 0.5) is 4.39 Å². The monoisotopic (exact) mass is 404 g/mol. The minimum absolute atomic E-state index is 0.101. The number of fused-ring (bicyclic) bond motifs is 1. The van der Waals surface area contributed by atoms with Gasteiger partial charge in [0.15, 0.2) is 28.9 Å². The molecule has 1 heterocycles. The van der Waals surface area contributed by atoms with Crippen molar-refractivity contribution < 1.29 is 23.1 Å². The van der Waals surface area contributed by atoms with E-state index in [-0.39, 0.29) is 22.5 Å². The van der Waals surface area contributed by atoms with Gasteiger partial charge in [0.25, 0.3) is 5.91 Å². The number of carbonyl (C=O) groups is 2. The molecule has 3 aromatic rings. The third-order valence-electron chi connectivity index (χ3n) is 3.72. The van der Waals surface area contributed by atoms with Crippen LogP contribution in [-0.2, 0) is 4.79 Å². The van der Waals surface area contributed by atoms with Gasteiger partial charge >= 0.3 is 5.91 Å². The molecule has 0 spiro atoms. The van der Waals surface area contributed by atoms with E-state index in [0.29, 0.717) is 5.02 Å². The fraction of sp³-hybridized carbons (Fsp3) is 0.105. The molecule has 2 amide bonds. The Morgan fingerprint density at radius 2 is 1.89 bits per heavy atom. The topological polar surface area (TPSA) is 97.6 Å². The van der Waals surface area contributed by atoms with Crippen LogP contribution in [0.2, 0.25) is 5.02 Å². The maximum Gasteiger partial charge on any atom is 0.305 e. The molecule has 0 fully saturated rings. The summed E-state index contributed by atoms with van der Waals surface area (Å²) in [6.45, 7) is 1.38. The number of hydrogen-bond acceptors (Lipinski definition) is 5. The van der Waals surface area contributed by atoms with Crippen molar-refractivity contribution in [3.63, 3.8) is 0 Å². The summed E-state index contributed by atoms with van der Waals surface area (Å²) in [5.41, 5.74) is 3.95. The van der Waals surface area contributed by atoms with Crippen LogP contribution < -0.4 is 21.0 Å². The van der Waals surface area contributed by atoms with Crippen molar-refractivity contribution in [1.82, 2.24) is 10.9 Å². The minimum Gasteiger partial charge on any atom is -0.478 e. The number of hydrogen-bond donors (Lipinski definition) is 2. The van der Waals surface area contributed by atoms with E-state index in [0.717, 1.165) is 6.07 Å². The molecule has 1 atom stereocenters. The number of hydrazine groups is 1. The molecule has 0 aliphatic rings. The average Bonchev–Trinajstić information content (AvgIpc) is 2.67. The molecular weight excluding hydrogens is 391 g/mol. The first-order valence-corrected chi connectivity index (χ1v) is 8.48. The largest absolute Gasteiger partial charge is 0.478 e. The zero-order valence-electron chi connectivity index (χ0n) is 14.5. The summed E-state index contributed by atoms with van der Waals surface area (Å²) in [4.78, 5) is 36.3. The van der Waals surface area contributed by atoms with Crippen molar-refractivity contribution in [2.24, 2.45) is 0 Å². The van der Waals surface area contributed by atoms with Gasteiger partial charge in [0.1, 0.15) is 5.58 Å². The van der Waals surface area contributed by atoms with Crippen LogP contribution >= 0.6 is 11.6 Å². The maximum atomic E-state index is 13.6. The maximum absolute atomic E-state index is 13.6. The molecule has 0 aliphatic carbocycles. The van der Waals surface area contributed by atoms with E-state index >= 15 is 0 Å². The molecule has 3 rings (SSSR count). The van der Waals surface area contributed by atoms with Crippen LogP contribution in [-0.4, -0.2) is 17.9 Å². The average molecular weight is 405 g/mol. The van der Waals surface area contributed by atoms with E-state index in [4.69, 9.17) is 20.8 Å². The molecule has 0 aliphatic heterocycles. The molecule has 144 valence electrons. The van der Waals surface area contributed by atoms with E-state index < -0.39 is 29.2 Å². The first-order chi connectivity index (χ1) is 13.3. The van der Waals surface area contributed by atoms with Crippen LogP contribution in [0.25, 0.3) is 11.0 Å². The van der Waals surface area contributed by atoms with Crippen LogP contribution in [0, 0.1) is 5.82 Å². The van der Waals surface area contributed by atoms with Crippen molar-refractivity contribution in [3.8, 4) is 5.75 Å². The molecule has 0 saturated carbocycles. The molecule has 2 N–H and O–H groups in total. The molecule has 0 radical (unpaired) electrons. The number of para-hydroxylation sites is 1. The van der Waals surface area contributed by atoms with Gasteiger partial charge < -0.3 is 9.15 Å². The fourth-order valence-electron chi connectivity index (χ4n) is 2.31. The normalized spacial score (nSPS) is 11.7. The van der Waals surface area contributed by atoms with E-state index in [2.05, 4.69) is 10.9 Å².